The van der Waals surface area contributed by atoms with Gasteiger partial charge in [0.25, 0.3) is 5.56 Å². The highest BCUT2D eigenvalue weighted by Crippen LogP contribution is 2.27. The van der Waals surface area contributed by atoms with Crippen molar-refractivity contribution in [3.05, 3.63) is 33.2 Å². The molecule has 10 heteroatoms. The molecular formula is C13H17N5O5. The van der Waals surface area contributed by atoms with Gasteiger partial charge in [0, 0.05) is 19.2 Å². The van der Waals surface area contributed by atoms with Crippen molar-refractivity contribution in [2.45, 2.75) is 38.3 Å². The average molecular weight is 323 g/mol. The van der Waals surface area contributed by atoms with Crippen LogP contribution < -0.4 is 11.2 Å². The van der Waals surface area contributed by atoms with Crippen LogP contribution in [0.2, 0.25) is 0 Å². The van der Waals surface area contributed by atoms with Gasteiger partial charge in [-0.05, 0) is 6.92 Å². The van der Waals surface area contributed by atoms with Crippen LogP contribution in [0, 0.1) is 0 Å². The molecule has 124 valence electrons. The minimum atomic E-state index is -0.881. The predicted molar refractivity (Wildman–Crippen MR) is 77.6 cm³/mol. The van der Waals surface area contributed by atoms with Gasteiger partial charge < -0.3 is 14.9 Å². The van der Waals surface area contributed by atoms with E-state index in [1.165, 1.54) is 10.8 Å². The summed E-state index contributed by atoms with van der Waals surface area (Å²) in [6.45, 7) is 2.13. The Hall–Kier alpha value is -2.30. The summed E-state index contributed by atoms with van der Waals surface area (Å²) >= 11 is 0. The third-order valence-electron chi connectivity index (χ3n) is 3.80. The molecule has 0 aliphatic carbocycles. The smallest absolute Gasteiger partial charge is 0.330 e. The lowest BCUT2D eigenvalue weighted by atomic mass is 10.2. The number of nitrogens with zero attached hydrogens (tertiary/aromatic N) is 4. The van der Waals surface area contributed by atoms with Crippen LogP contribution in [0.3, 0.4) is 0 Å². The third-order valence-corrected chi connectivity index (χ3v) is 3.80. The third kappa shape index (κ3) is 2.83. The first-order valence-electron chi connectivity index (χ1n) is 7.23. The minimum absolute atomic E-state index is 0.137. The highest BCUT2D eigenvalue weighted by atomic mass is 16.5. The van der Waals surface area contributed by atoms with Gasteiger partial charge in [-0.1, -0.05) is 5.21 Å². The normalized spacial score (nSPS) is 24.2. The van der Waals surface area contributed by atoms with Crippen molar-refractivity contribution in [1.82, 2.24) is 24.5 Å². The Morgan fingerprint density at radius 2 is 2.22 bits per heavy atom. The van der Waals surface area contributed by atoms with Crippen LogP contribution in [-0.4, -0.2) is 53.6 Å². The van der Waals surface area contributed by atoms with Crippen molar-refractivity contribution in [1.29, 1.82) is 0 Å². The van der Waals surface area contributed by atoms with Crippen molar-refractivity contribution >= 4 is 0 Å². The predicted octanol–water partition coefficient (Wildman–Crippen LogP) is -1.54. The first-order valence-corrected chi connectivity index (χ1v) is 7.23. The molecule has 10 nitrogen and oxygen atoms in total. The molecule has 1 aliphatic rings. The van der Waals surface area contributed by atoms with Gasteiger partial charge >= 0.3 is 5.69 Å². The molecule has 0 amide bonds. The van der Waals surface area contributed by atoms with Crippen LogP contribution in [0.15, 0.2) is 22.0 Å². The second-order valence-corrected chi connectivity index (χ2v) is 5.28. The number of aromatic amines is 1. The van der Waals surface area contributed by atoms with Crippen molar-refractivity contribution in [2.24, 2.45) is 0 Å². The first kappa shape index (κ1) is 15.6. The molecule has 0 radical (unpaired) electrons. The van der Waals surface area contributed by atoms with Gasteiger partial charge in [0.2, 0.25) is 0 Å². The topological polar surface area (TPSA) is 135 Å². The van der Waals surface area contributed by atoms with Gasteiger partial charge in [0.05, 0.1) is 24.5 Å². The lowest BCUT2D eigenvalue weighted by Gasteiger charge is -2.14. The summed E-state index contributed by atoms with van der Waals surface area (Å²) in [6.07, 6.45) is 0.656. The fourth-order valence-corrected chi connectivity index (χ4v) is 2.51. The van der Waals surface area contributed by atoms with Crippen molar-refractivity contribution in [3.8, 4) is 11.3 Å². The van der Waals surface area contributed by atoms with Gasteiger partial charge in [-0.25, -0.2) is 4.79 Å². The summed E-state index contributed by atoms with van der Waals surface area (Å²) in [5.41, 5.74) is -0.724. The van der Waals surface area contributed by atoms with E-state index >= 15 is 0 Å². The van der Waals surface area contributed by atoms with Crippen LogP contribution in [-0.2, 0) is 11.3 Å². The zero-order valence-corrected chi connectivity index (χ0v) is 12.4. The largest absolute Gasteiger partial charge is 0.394 e. The second-order valence-electron chi connectivity index (χ2n) is 5.28. The van der Waals surface area contributed by atoms with Crippen LogP contribution in [0.25, 0.3) is 11.3 Å². The first-order chi connectivity index (χ1) is 11.0. The van der Waals surface area contributed by atoms with Crippen LogP contribution in [0.5, 0.6) is 0 Å². The van der Waals surface area contributed by atoms with Crippen molar-refractivity contribution < 1.29 is 14.9 Å². The Morgan fingerprint density at radius 3 is 2.83 bits per heavy atom. The fraction of sp³-hybridized carbons (Fsp3) is 0.538. The summed E-state index contributed by atoms with van der Waals surface area (Å²) < 4.78 is 8.19. The maximum absolute atomic E-state index is 12.0. The molecule has 3 atom stereocenters. The zero-order chi connectivity index (χ0) is 16.6. The average Bonchev–Trinajstić information content (AvgIpc) is 3.13. The van der Waals surface area contributed by atoms with Gasteiger partial charge in [-0.2, -0.15) is 0 Å². The van der Waals surface area contributed by atoms with E-state index in [2.05, 4.69) is 15.3 Å². The molecule has 1 saturated heterocycles. The van der Waals surface area contributed by atoms with Crippen molar-refractivity contribution in [2.75, 3.05) is 6.61 Å². The molecule has 3 rings (SSSR count). The van der Waals surface area contributed by atoms with Crippen molar-refractivity contribution in [3.63, 3.8) is 0 Å². The van der Waals surface area contributed by atoms with Gasteiger partial charge in [0.1, 0.15) is 18.0 Å². The summed E-state index contributed by atoms with van der Waals surface area (Å²) in [4.78, 5) is 26.2. The highest BCUT2D eigenvalue weighted by molar-refractivity contribution is 5.54. The quantitative estimate of drug-likeness (QED) is 0.620. The molecule has 2 aromatic heterocycles. The number of hydrogen-bond donors (Lipinski definition) is 3. The van der Waals surface area contributed by atoms with E-state index in [1.807, 2.05) is 6.92 Å². The van der Waals surface area contributed by atoms with E-state index in [-0.39, 0.29) is 18.6 Å². The summed E-state index contributed by atoms with van der Waals surface area (Å²) in [5, 5.41) is 26.7. The number of nitrogens with one attached hydrogen (secondary N) is 1. The molecule has 23 heavy (non-hydrogen) atoms. The van der Waals surface area contributed by atoms with E-state index in [0.717, 1.165) is 0 Å². The number of rotatable bonds is 4. The number of H-pyrrole nitrogens is 1. The number of aliphatic hydroxyl groups is 2. The molecule has 0 aromatic carbocycles. The van der Waals surface area contributed by atoms with E-state index in [1.54, 1.807) is 10.9 Å². The van der Waals surface area contributed by atoms with Crippen LogP contribution in [0.4, 0.5) is 0 Å². The summed E-state index contributed by atoms with van der Waals surface area (Å²) in [6, 6.07) is 0. The second kappa shape index (κ2) is 6.07. The molecule has 3 N–H and O–H groups in total. The molecule has 2 aromatic rings. The lowest BCUT2D eigenvalue weighted by Crippen LogP contribution is -2.33. The molecule has 3 heterocycles. The number of aryl methyl sites for hydroxylation is 1. The van der Waals surface area contributed by atoms with Gasteiger partial charge in [0.15, 0.2) is 0 Å². The Kier molecular flexibility index (Phi) is 4.11. The molecule has 0 bridgehead atoms. The molecule has 0 unspecified atom stereocenters. The molecule has 1 fully saturated rings. The standard InChI is InChI=1S/C13H17N5O5/c1-2-17-5-8(15-16-17)7-4-18(13(22)14-12(7)21)11-3-9(20)10(6-19)23-11/h4-5,9-11,19-20H,2-3,6H2,1H3,(H,14,21,22)/t9-,10-,11-/m1/s1. The highest BCUT2D eigenvalue weighted by Gasteiger charge is 2.35. The SMILES string of the molecule is CCn1cc(-c2cn([C@H]3C[C@@H](O)[C@@H](CO)O3)c(=O)[nH]c2=O)nn1. The van der Waals surface area contributed by atoms with Gasteiger partial charge in [-0.15, -0.1) is 5.10 Å². The monoisotopic (exact) mass is 323 g/mol. The Morgan fingerprint density at radius 1 is 1.43 bits per heavy atom. The van der Waals surface area contributed by atoms with Crippen LogP contribution >= 0.6 is 0 Å². The number of aromatic nitrogens is 5. The maximum atomic E-state index is 12.0. The maximum Gasteiger partial charge on any atom is 0.330 e. The molecule has 0 spiro atoms. The summed E-state index contributed by atoms with van der Waals surface area (Å²) in [5.74, 6) is 0. The Balaban J connectivity index is 2.01. The minimum Gasteiger partial charge on any atom is -0.394 e. The Labute approximate surface area is 130 Å². The van der Waals surface area contributed by atoms with E-state index in [4.69, 9.17) is 9.84 Å². The number of hydrogen-bond acceptors (Lipinski definition) is 7. The lowest BCUT2D eigenvalue weighted by molar-refractivity contribution is -0.0458. The number of aliphatic hydroxyl groups excluding tert-OH is 2. The molecule has 0 saturated carbocycles. The van der Waals surface area contributed by atoms with Gasteiger partial charge in [-0.3, -0.25) is 19.0 Å². The molecular weight excluding hydrogens is 306 g/mol. The van der Waals surface area contributed by atoms with E-state index < -0.39 is 29.7 Å². The van der Waals surface area contributed by atoms with E-state index in [0.29, 0.717) is 12.2 Å². The zero-order valence-electron chi connectivity index (χ0n) is 12.4. The van der Waals surface area contributed by atoms with Crippen LogP contribution in [0.1, 0.15) is 19.6 Å². The number of ether oxygens (including phenoxy) is 1. The van der Waals surface area contributed by atoms with E-state index in [9.17, 15) is 14.7 Å². The summed E-state index contributed by atoms with van der Waals surface area (Å²) in [7, 11) is 0. The molecule has 1 aliphatic heterocycles. The fourth-order valence-electron chi connectivity index (χ4n) is 2.51. The Bertz CT molecular complexity index is 810.